The number of para-hydroxylation sites is 1. The van der Waals surface area contributed by atoms with Crippen LogP contribution in [-0.2, 0) is 16.0 Å². The van der Waals surface area contributed by atoms with Crippen LogP contribution < -0.4 is 14.5 Å². The molecule has 7 heteroatoms. The van der Waals surface area contributed by atoms with Gasteiger partial charge in [0.25, 0.3) is 5.91 Å². The molecule has 0 saturated heterocycles. The molecule has 2 aliphatic heterocycles. The van der Waals surface area contributed by atoms with E-state index in [0.29, 0.717) is 21.9 Å². The molecular formula is C24H20N2O4S. The number of nitrogens with zero attached hydrogens (tertiary/aromatic N) is 2. The van der Waals surface area contributed by atoms with Crippen LogP contribution >= 0.6 is 11.3 Å². The molecule has 3 aromatic rings. The van der Waals surface area contributed by atoms with Gasteiger partial charge in [0.1, 0.15) is 12.3 Å². The van der Waals surface area contributed by atoms with Gasteiger partial charge in [0.15, 0.2) is 6.61 Å². The van der Waals surface area contributed by atoms with Crippen LogP contribution in [0.1, 0.15) is 27.7 Å². The molecule has 0 fully saturated rings. The molecule has 5 rings (SSSR count). The van der Waals surface area contributed by atoms with E-state index in [4.69, 9.17) is 4.74 Å². The molecule has 6 nitrogen and oxygen atoms in total. The van der Waals surface area contributed by atoms with Gasteiger partial charge >= 0.3 is 0 Å². The average molecular weight is 433 g/mol. The van der Waals surface area contributed by atoms with Gasteiger partial charge < -0.3 is 9.64 Å². The predicted molar refractivity (Wildman–Crippen MR) is 119 cm³/mol. The van der Waals surface area contributed by atoms with Crippen molar-refractivity contribution in [2.75, 3.05) is 23.0 Å². The van der Waals surface area contributed by atoms with Crippen LogP contribution in [0.5, 0.6) is 5.75 Å². The average Bonchev–Trinajstić information content (AvgIpc) is 3.42. The highest BCUT2D eigenvalue weighted by Crippen LogP contribution is 2.36. The van der Waals surface area contributed by atoms with E-state index in [-0.39, 0.29) is 36.8 Å². The topological polar surface area (TPSA) is 66.9 Å². The Morgan fingerprint density at radius 1 is 1.10 bits per heavy atom. The van der Waals surface area contributed by atoms with E-state index in [0.717, 1.165) is 17.7 Å². The lowest BCUT2D eigenvalue weighted by atomic mass is 10.1. The first-order chi connectivity index (χ1) is 15.0. The number of thiophene rings is 1. The number of carbonyl (C=O) groups excluding carboxylic acids is 3. The highest BCUT2D eigenvalue weighted by molar-refractivity contribution is 7.12. The molecule has 2 aromatic carbocycles. The fourth-order valence-corrected chi connectivity index (χ4v) is 4.91. The van der Waals surface area contributed by atoms with Crippen molar-refractivity contribution in [2.24, 2.45) is 0 Å². The normalized spacial score (nSPS) is 17.2. The number of hydrogen-bond donors (Lipinski definition) is 0. The first kappa shape index (κ1) is 19.5. The van der Waals surface area contributed by atoms with Crippen molar-refractivity contribution in [3.63, 3.8) is 0 Å². The predicted octanol–water partition coefficient (Wildman–Crippen LogP) is 3.68. The third-order valence-corrected chi connectivity index (χ3v) is 6.55. The first-order valence-corrected chi connectivity index (χ1v) is 11.0. The number of hydrogen-bond acceptors (Lipinski definition) is 5. The van der Waals surface area contributed by atoms with Crippen LogP contribution in [0.2, 0.25) is 0 Å². The van der Waals surface area contributed by atoms with Crippen LogP contribution in [0, 0.1) is 0 Å². The first-order valence-electron chi connectivity index (χ1n) is 10.1. The van der Waals surface area contributed by atoms with Crippen molar-refractivity contribution in [2.45, 2.75) is 19.4 Å². The minimum Gasteiger partial charge on any atom is -0.482 e. The minimum absolute atomic E-state index is 0.0206. The molecule has 0 saturated carbocycles. The van der Waals surface area contributed by atoms with Crippen LogP contribution in [-0.4, -0.2) is 36.8 Å². The second-order valence-electron chi connectivity index (χ2n) is 7.70. The van der Waals surface area contributed by atoms with E-state index in [1.807, 2.05) is 42.6 Å². The molecule has 0 radical (unpaired) electrons. The SMILES string of the molecule is C[C@@H]1Cc2ccccc2N1C(=O)CN1C(=O)COc2ccc(C(=O)c3cccs3)cc21. The molecular weight excluding hydrogens is 412 g/mol. The third kappa shape index (κ3) is 3.41. The largest absolute Gasteiger partial charge is 0.482 e. The summed E-state index contributed by atoms with van der Waals surface area (Å²) in [5.41, 5.74) is 2.92. The number of ether oxygens (including phenoxy) is 1. The zero-order chi connectivity index (χ0) is 21.5. The highest BCUT2D eigenvalue weighted by Gasteiger charge is 2.34. The molecule has 0 aliphatic carbocycles. The number of amides is 2. The number of benzene rings is 2. The van der Waals surface area contributed by atoms with E-state index in [1.54, 1.807) is 29.2 Å². The van der Waals surface area contributed by atoms with Gasteiger partial charge in [-0.05, 0) is 54.6 Å². The van der Waals surface area contributed by atoms with Crippen molar-refractivity contribution >= 4 is 40.3 Å². The lowest BCUT2D eigenvalue weighted by molar-refractivity contribution is -0.124. The Morgan fingerprint density at radius 3 is 2.74 bits per heavy atom. The van der Waals surface area contributed by atoms with Crippen molar-refractivity contribution in [1.29, 1.82) is 0 Å². The van der Waals surface area contributed by atoms with Crippen LogP contribution in [0.3, 0.4) is 0 Å². The number of rotatable bonds is 4. The highest BCUT2D eigenvalue weighted by atomic mass is 32.1. The molecule has 2 aliphatic rings. The van der Waals surface area contributed by atoms with Crippen LogP contribution in [0.25, 0.3) is 0 Å². The Balaban J connectivity index is 1.45. The lowest BCUT2D eigenvalue weighted by Crippen LogP contribution is -2.48. The summed E-state index contributed by atoms with van der Waals surface area (Å²) in [6, 6.07) is 16.5. The van der Waals surface area contributed by atoms with E-state index in [2.05, 4.69) is 0 Å². The summed E-state index contributed by atoms with van der Waals surface area (Å²) in [6.07, 6.45) is 0.787. The number of fused-ring (bicyclic) bond motifs is 2. The zero-order valence-corrected chi connectivity index (χ0v) is 17.7. The van der Waals surface area contributed by atoms with E-state index in [9.17, 15) is 14.4 Å². The molecule has 0 N–H and O–H groups in total. The summed E-state index contributed by atoms with van der Waals surface area (Å²) in [5.74, 6) is -0.0930. The monoisotopic (exact) mass is 432 g/mol. The maximum Gasteiger partial charge on any atom is 0.265 e. The molecule has 1 aromatic heterocycles. The fourth-order valence-electron chi connectivity index (χ4n) is 4.22. The Labute approximate surface area is 183 Å². The van der Waals surface area contributed by atoms with Crippen molar-refractivity contribution in [3.8, 4) is 5.75 Å². The summed E-state index contributed by atoms with van der Waals surface area (Å²) in [4.78, 5) is 42.6. The van der Waals surface area contributed by atoms with E-state index < -0.39 is 0 Å². The summed E-state index contributed by atoms with van der Waals surface area (Å²) in [6.45, 7) is 1.76. The number of carbonyl (C=O) groups is 3. The molecule has 2 amide bonds. The Morgan fingerprint density at radius 2 is 1.94 bits per heavy atom. The summed E-state index contributed by atoms with van der Waals surface area (Å²) < 4.78 is 5.55. The van der Waals surface area contributed by atoms with Gasteiger partial charge in [-0.3, -0.25) is 19.3 Å². The maximum atomic E-state index is 13.3. The molecule has 3 heterocycles. The van der Waals surface area contributed by atoms with Gasteiger partial charge in [-0.15, -0.1) is 11.3 Å². The van der Waals surface area contributed by atoms with Crippen LogP contribution in [0.15, 0.2) is 60.0 Å². The van der Waals surface area contributed by atoms with Gasteiger partial charge in [0, 0.05) is 17.3 Å². The van der Waals surface area contributed by atoms with Crippen LogP contribution in [0.4, 0.5) is 11.4 Å². The molecule has 1 atom stereocenters. The Bertz CT molecular complexity index is 1190. The Kier molecular flexibility index (Phi) is 4.82. The van der Waals surface area contributed by atoms with Gasteiger partial charge in [0.2, 0.25) is 11.7 Å². The van der Waals surface area contributed by atoms with E-state index >= 15 is 0 Å². The standard InChI is InChI=1S/C24H20N2O4S/c1-15-11-16-5-2-3-6-18(16)26(15)22(27)13-25-19-12-17(24(29)21-7-4-10-31-21)8-9-20(19)30-14-23(25)28/h2-10,12,15H,11,13-14H2,1H3/t15-/m1/s1. The molecule has 0 spiro atoms. The molecule has 0 bridgehead atoms. The van der Waals surface area contributed by atoms with Crippen molar-refractivity contribution in [1.82, 2.24) is 0 Å². The molecule has 0 unspecified atom stereocenters. The van der Waals surface area contributed by atoms with Gasteiger partial charge in [0.05, 0.1) is 10.6 Å². The van der Waals surface area contributed by atoms with Crippen molar-refractivity contribution < 1.29 is 19.1 Å². The quantitative estimate of drug-likeness (QED) is 0.590. The molecule has 31 heavy (non-hydrogen) atoms. The maximum absolute atomic E-state index is 13.3. The summed E-state index contributed by atoms with van der Waals surface area (Å²) in [7, 11) is 0. The van der Waals surface area contributed by atoms with Gasteiger partial charge in [-0.25, -0.2) is 0 Å². The fraction of sp³-hybridized carbons (Fsp3) is 0.208. The molecule has 156 valence electrons. The summed E-state index contributed by atoms with van der Waals surface area (Å²) >= 11 is 1.36. The third-order valence-electron chi connectivity index (χ3n) is 5.68. The van der Waals surface area contributed by atoms with E-state index in [1.165, 1.54) is 16.2 Å². The van der Waals surface area contributed by atoms with Crippen molar-refractivity contribution in [3.05, 3.63) is 76.0 Å². The second kappa shape index (κ2) is 7.67. The number of ketones is 1. The lowest BCUT2D eigenvalue weighted by Gasteiger charge is -2.31. The number of anilines is 2. The Hall–Kier alpha value is -3.45. The van der Waals surface area contributed by atoms with Gasteiger partial charge in [-0.2, -0.15) is 0 Å². The second-order valence-corrected chi connectivity index (χ2v) is 8.65. The van der Waals surface area contributed by atoms with Gasteiger partial charge in [-0.1, -0.05) is 24.3 Å². The smallest absolute Gasteiger partial charge is 0.265 e. The minimum atomic E-state index is -0.304. The summed E-state index contributed by atoms with van der Waals surface area (Å²) in [5, 5.41) is 1.85. The zero-order valence-electron chi connectivity index (χ0n) is 16.9.